The number of pyridine rings is 1. The fourth-order valence-electron chi connectivity index (χ4n) is 4.55. The van der Waals surface area contributed by atoms with Crippen molar-refractivity contribution >= 4 is 22.6 Å². The molecule has 0 aromatic carbocycles. The van der Waals surface area contributed by atoms with Gasteiger partial charge in [0.2, 0.25) is 5.95 Å². The van der Waals surface area contributed by atoms with Crippen molar-refractivity contribution in [3.05, 3.63) is 36.4 Å². The molecule has 142 valence electrons. The quantitative estimate of drug-likeness (QED) is 0.572. The fraction of sp³-hybridized carbons (Fsp3) is 0.400. The lowest BCUT2D eigenvalue weighted by Gasteiger charge is -2.54. The van der Waals surface area contributed by atoms with Gasteiger partial charge in [-0.3, -0.25) is 0 Å². The SMILES string of the molecule is Cc1nc2ccc(-c3ccn4nc(NC5CC6(CNC6)C5)ncc34)nc2n1C. The molecule has 1 aliphatic heterocycles. The van der Waals surface area contributed by atoms with E-state index in [2.05, 4.69) is 25.7 Å². The highest BCUT2D eigenvalue weighted by atomic mass is 15.3. The summed E-state index contributed by atoms with van der Waals surface area (Å²) >= 11 is 0. The van der Waals surface area contributed by atoms with E-state index in [0.29, 0.717) is 17.4 Å². The first kappa shape index (κ1) is 16.0. The summed E-state index contributed by atoms with van der Waals surface area (Å²) in [6.07, 6.45) is 6.25. The molecule has 0 amide bonds. The Hall–Kier alpha value is -3.00. The molecule has 4 aromatic rings. The molecule has 1 saturated carbocycles. The zero-order valence-corrected chi connectivity index (χ0v) is 16.0. The maximum atomic E-state index is 4.82. The highest BCUT2D eigenvalue weighted by molar-refractivity contribution is 5.82. The monoisotopic (exact) mass is 374 g/mol. The first-order valence-electron chi connectivity index (χ1n) is 9.72. The summed E-state index contributed by atoms with van der Waals surface area (Å²) in [6, 6.07) is 6.55. The zero-order valence-electron chi connectivity index (χ0n) is 16.0. The van der Waals surface area contributed by atoms with Gasteiger partial charge in [0.1, 0.15) is 11.3 Å². The molecular formula is C20H22N8. The second kappa shape index (κ2) is 5.51. The lowest BCUT2D eigenvalue weighted by Crippen LogP contribution is -2.63. The molecule has 8 nitrogen and oxygen atoms in total. The molecule has 8 heteroatoms. The van der Waals surface area contributed by atoms with Crippen molar-refractivity contribution in [1.29, 1.82) is 0 Å². The number of hydrogen-bond donors (Lipinski definition) is 2. The normalized spacial score (nSPS) is 18.5. The molecule has 2 N–H and O–H groups in total. The third kappa shape index (κ3) is 2.27. The van der Waals surface area contributed by atoms with Crippen molar-refractivity contribution in [3.8, 4) is 11.3 Å². The van der Waals surface area contributed by atoms with E-state index in [1.165, 1.54) is 12.8 Å². The van der Waals surface area contributed by atoms with Gasteiger partial charge in [-0.2, -0.15) is 0 Å². The summed E-state index contributed by atoms with van der Waals surface area (Å²) in [4.78, 5) is 13.9. The minimum atomic E-state index is 0.478. The number of imidazole rings is 1. The van der Waals surface area contributed by atoms with Crippen molar-refractivity contribution in [1.82, 2.24) is 34.4 Å². The Bertz CT molecular complexity index is 1210. The van der Waals surface area contributed by atoms with E-state index in [-0.39, 0.29) is 0 Å². The molecule has 0 radical (unpaired) electrons. The largest absolute Gasteiger partial charge is 0.350 e. The van der Waals surface area contributed by atoms with Crippen LogP contribution in [0.3, 0.4) is 0 Å². The van der Waals surface area contributed by atoms with Gasteiger partial charge in [0.15, 0.2) is 5.65 Å². The number of hydrogen-bond acceptors (Lipinski definition) is 6. The van der Waals surface area contributed by atoms with Crippen LogP contribution in [-0.2, 0) is 7.05 Å². The fourth-order valence-corrected chi connectivity index (χ4v) is 4.55. The number of aryl methyl sites for hydroxylation is 2. The van der Waals surface area contributed by atoms with Crippen LogP contribution in [-0.4, -0.2) is 48.3 Å². The van der Waals surface area contributed by atoms with E-state index in [1.54, 1.807) is 0 Å². The number of anilines is 1. The molecule has 1 saturated heterocycles. The molecule has 1 spiro atoms. The molecule has 0 atom stereocenters. The van der Waals surface area contributed by atoms with E-state index in [4.69, 9.17) is 4.98 Å². The summed E-state index contributed by atoms with van der Waals surface area (Å²) in [5.41, 5.74) is 5.21. The second-order valence-corrected chi connectivity index (χ2v) is 8.25. The smallest absolute Gasteiger partial charge is 0.241 e. The molecule has 4 aromatic heterocycles. The van der Waals surface area contributed by atoms with E-state index in [9.17, 15) is 0 Å². The molecule has 1 aliphatic carbocycles. The second-order valence-electron chi connectivity index (χ2n) is 8.25. The average molecular weight is 374 g/mol. The first-order chi connectivity index (χ1) is 13.6. The minimum absolute atomic E-state index is 0.478. The predicted octanol–water partition coefficient (Wildman–Crippen LogP) is 2.15. The van der Waals surface area contributed by atoms with Gasteiger partial charge >= 0.3 is 0 Å². The number of nitrogens with zero attached hydrogens (tertiary/aromatic N) is 6. The number of aromatic nitrogens is 6. The van der Waals surface area contributed by atoms with Crippen LogP contribution < -0.4 is 10.6 Å². The van der Waals surface area contributed by atoms with Crippen LogP contribution in [0.4, 0.5) is 5.95 Å². The van der Waals surface area contributed by atoms with E-state index in [0.717, 1.165) is 46.9 Å². The third-order valence-corrected chi connectivity index (χ3v) is 6.32. The summed E-state index contributed by atoms with van der Waals surface area (Å²) in [5.74, 6) is 1.64. The van der Waals surface area contributed by atoms with E-state index < -0.39 is 0 Å². The molecule has 2 aliphatic rings. The maximum Gasteiger partial charge on any atom is 0.241 e. The highest BCUT2D eigenvalue weighted by Gasteiger charge is 2.48. The Morgan fingerprint density at radius 2 is 2.04 bits per heavy atom. The number of nitrogens with one attached hydrogen (secondary N) is 2. The zero-order chi connectivity index (χ0) is 18.9. The highest BCUT2D eigenvalue weighted by Crippen LogP contribution is 2.45. The van der Waals surface area contributed by atoms with Crippen LogP contribution >= 0.6 is 0 Å². The van der Waals surface area contributed by atoms with Crippen LogP contribution in [0.2, 0.25) is 0 Å². The van der Waals surface area contributed by atoms with Gasteiger partial charge in [0.05, 0.1) is 17.4 Å². The molecule has 0 unspecified atom stereocenters. The Morgan fingerprint density at radius 3 is 2.82 bits per heavy atom. The molecule has 28 heavy (non-hydrogen) atoms. The van der Waals surface area contributed by atoms with Crippen molar-refractivity contribution < 1.29 is 0 Å². The molecule has 0 bridgehead atoms. The Balaban J connectivity index is 1.30. The lowest BCUT2D eigenvalue weighted by atomic mass is 9.62. The minimum Gasteiger partial charge on any atom is -0.350 e. The topological polar surface area (TPSA) is 85.0 Å². The summed E-state index contributed by atoms with van der Waals surface area (Å²) in [5, 5.41) is 11.5. The maximum absolute atomic E-state index is 4.82. The number of rotatable bonds is 3. The van der Waals surface area contributed by atoms with Crippen LogP contribution in [0, 0.1) is 12.3 Å². The van der Waals surface area contributed by atoms with Gasteiger partial charge in [-0.05, 0) is 43.4 Å². The van der Waals surface area contributed by atoms with E-state index in [1.807, 2.05) is 53.6 Å². The lowest BCUT2D eigenvalue weighted by molar-refractivity contribution is 0.0467. The Kier molecular flexibility index (Phi) is 3.15. The van der Waals surface area contributed by atoms with Gasteiger partial charge in [0.25, 0.3) is 0 Å². The summed E-state index contributed by atoms with van der Waals surface area (Å²) < 4.78 is 3.89. The summed E-state index contributed by atoms with van der Waals surface area (Å²) in [6.45, 7) is 4.29. The van der Waals surface area contributed by atoms with Crippen LogP contribution in [0.5, 0.6) is 0 Å². The molecule has 5 heterocycles. The molecule has 6 rings (SSSR count). The number of fused-ring (bicyclic) bond motifs is 2. The third-order valence-electron chi connectivity index (χ3n) is 6.32. The van der Waals surface area contributed by atoms with Crippen LogP contribution in [0.1, 0.15) is 18.7 Å². The predicted molar refractivity (Wildman–Crippen MR) is 107 cm³/mol. The van der Waals surface area contributed by atoms with Gasteiger partial charge in [-0.25, -0.2) is 19.5 Å². The van der Waals surface area contributed by atoms with Gasteiger partial charge in [-0.15, -0.1) is 5.10 Å². The van der Waals surface area contributed by atoms with Gasteiger partial charge in [-0.1, -0.05) is 0 Å². The van der Waals surface area contributed by atoms with Crippen molar-refractivity contribution in [3.63, 3.8) is 0 Å². The summed E-state index contributed by atoms with van der Waals surface area (Å²) in [7, 11) is 1.99. The Morgan fingerprint density at radius 1 is 1.18 bits per heavy atom. The van der Waals surface area contributed by atoms with Crippen molar-refractivity contribution in [2.75, 3.05) is 18.4 Å². The molecule has 2 fully saturated rings. The van der Waals surface area contributed by atoms with E-state index >= 15 is 0 Å². The molecular weight excluding hydrogens is 352 g/mol. The standard InChI is InChI=1S/C20H22N8/c1-12-23-16-4-3-15(25-18(16)27(12)2)14-5-6-28-17(14)9-22-19(26-28)24-13-7-20(8-13)10-21-11-20/h3-6,9,13,21H,7-8,10-11H2,1-2H3,(H,24,26). The van der Waals surface area contributed by atoms with Gasteiger partial charge in [0, 0.05) is 37.9 Å². The van der Waals surface area contributed by atoms with Crippen LogP contribution in [0.15, 0.2) is 30.6 Å². The van der Waals surface area contributed by atoms with Crippen LogP contribution in [0.25, 0.3) is 27.9 Å². The van der Waals surface area contributed by atoms with Crippen molar-refractivity contribution in [2.45, 2.75) is 25.8 Å². The van der Waals surface area contributed by atoms with Gasteiger partial charge < -0.3 is 15.2 Å². The van der Waals surface area contributed by atoms with Crippen molar-refractivity contribution in [2.24, 2.45) is 12.5 Å². The Labute approximate surface area is 162 Å². The first-order valence-corrected chi connectivity index (χ1v) is 9.72. The average Bonchev–Trinajstić information content (AvgIpc) is 3.17.